The molecule has 1 fully saturated rings. The number of carbonyl (C=O) groups excluding carboxylic acids is 2. The summed E-state index contributed by atoms with van der Waals surface area (Å²) in [6, 6.07) is 12.2. The number of phenolic OH excluding ortho intramolecular Hbond substituents is 1. The SMILES string of the molecule is C[C@H](C(=O)Nc1ccccc1F)N1CCC(C(=O)Nc2ccccc2O)CC1. The Bertz CT molecular complexity index is 850. The Kier molecular flexibility index (Phi) is 6.26. The zero-order valence-electron chi connectivity index (χ0n) is 15.7. The Labute approximate surface area is 163 Å². The minimum atomic E-state index is -0.470. The monoisotopic (exact) mass is 385 g/mol. The molecule has 0 radical (unpaired) electrons. The second kappa shape index (κ2) is 8.84. The number of carbonyl (C=O) groups is 2. The smallest absolute Gasteiger partial charge is 0.241 e. The number of likely N-dealkylation sites (tertiary alicyclic amines) is 1. The van der Waals surface area contributed by atoms with Crippen LogP contribution in [0.3, 0.4) is 0 Å². The summed E-state index contributed by atoms with van der Waals surface area (Å²) in [5.41, 5.74) is 0.559. The number of hydrogen-bond donors (Lipinski definition) is 3. The van der Waals surface area contributed by atoms with E-state index >= 15 is 0 Å². The van der Waals surface area contributed by atoms with Crippen molar-refractivity contribution in [2.24, 2.45) is 5.92 Å². The molecular weight excluding hydrogens is 361 g/mol. The molecule has 3 N–H and O–H groups in total. The van der Waals surface area contributed by atoms with Crippen LogP contribution in [0.25, 0.3) is 0 Å². The Balaban J connectivity index is 1.51. The zero-order valence-corrected chi connectivity index (χ0v) is 15.7. The van der Waals surface area contributed by atoms with Crippen LogP contribution in [0, 0.1) is 11.7 Å². The van der Waals surface area contributed by atoms with E-state index in [0.29, 0.717) is 31.6 Å². The average molecular weight is 385 g/mol. The highest BCUT2D eigenvalue weighted by Gasteiger charge is 2.30. The van der Waals surface area contributed by atoms with E-state index in [2.05, 4.69) is 10.6 Å². The number of nitrogens with zero attached hydrogens (tertiary/aromatic N) is 1. The fourth-order valence-electron chi connectivity index (χ4n) is 3.33. The molecule has 6 nitrogen and oxygen atoms in total. The van der Waals surface area contributed by atoms with Crippen molar-refractivity contribution in [1.29, 1.82) is 0 Å². The minimum Gasteiger partial charge on any atom is -0.506 e. The predicted octanol–water partition coefficient (Wildman–Crippen LogP) is 3.21. The summed E-state index contributed by atoms with van der Waals surface area (Å²) in [7, 11) is 0. The fraction of sp³-hybridized carbons (Fsp3) is 0.333. The number of hydrogen-bond acceptors (Lipinski definition) is 4. The Hall–Kier alpha value is -2.93. The molecular formula is C21H24FN3O3. The molecule has 148 valence electrons. The molecule has 1 aliphatic heterocycles. The van der Waals surface area contributed by atoms with E-state index < -0.39 is 11.9 Å². The van der Waals surface area contributed by atoms with E-state index in [4.69, 9.17) is 0 Å². The van der Waals surface area contributed by atoms with Gasteiger partial charge in [0, 0.05) is 5.92 Å². The van der Waals surface area contributed by atoms with E-state index in [1.54, 1.807) is 37.3 Å². The van der Waals surface area contributed by atoms with Crippen LogP contribution in [0.2, 0.25) is 0 Å². The Morgan fingerprint density at radius 3 is 2.29 bits per heavy atom. The first-order valence-electron chi connectivity index (χ1n) is 9.34. The molecule has 1 heterocycles. The highest BCUT2D eigenvalue weighted by atomic mass is 19.1. The summed E-state index contributed by atoms with van der Waals surface area (Å²) in [4.78, 5) is 26.9. The molecule has 0 spiro atoms. The molecule has 7 heteroatoms. The highest BCUT2D eigenvalue weighted by molar-refractivity contribution is 5.95. The lowest BCUT2D eigenvalue weighted by Gasteiger charge is -2.34. The van der Waals surface area contributed by atoms with Crippen LogP contribution < -0.4 is 10.6 Å². The lowest BCUT2D eigenvalue weighted by molar-refractivity contribution is -0.123. The molecule has 1 saturated heterocycles. The molecule has 2 amide bonds. The molecule has 1 atom stereocenters. The average Bonchev–Trinajstić information content (AvgIpc) is 2.71. The van der Waals surface area contributed by atoms with Gasteiger partial charge < -0.3 is 15.7 Å². The largest absolute Gasteiger partial charge is 0.506 e. The maximum Gasteiger partial charge on any atom is 0.241 e. The van der Waals surface area contributed by atoms with Crippen molar-refractivity contribution < 1.29 is 19.1 Å². The number of halogens is 1. The lowest BCUT2D eigenvalue weighted by atomic mass is 9.94. The number of amides is 2. The standard InChI is InChI=1S/C21H24FN3O3/c1-14(20(27)23-17-7-3-2-6-16(17)22)25-12-10-15(11-13-25)21(28)24-18-8-4-5-9-19(18)26/h2-9,14-15,26H,10-13H2,1H3,(H,23,27)(H,24,28)/t14-/m1/s1. The number of para-hydroxylation sites is 3. The molecule has 0 bridgehead atoms. The Morgan fingerprint density at radius 2 is 1.64 bits per heavy atom. The summed E-state index contributed by atoms with van der Waals surface area (Å²) in [5, 5.41) is 15.2. The first-order chi connectivity index (χ1) is 13.5. The molecule has 0 unspecified atom stereocenters. The molecule has 28 heavy (non-hydrogen) atoms. The summed E-state index contributed by atoms with van der Waals surface area (Å²) in [5.74, 6) is -1.03. The van der Waals surface area contributed by atoms with Crippen molar-refractivity contribution in [1.82, 2.24) is 4.90 Å². The van der Waals surface area contributed by atoms with Gasteiger partial charge in [-0.25, -0.2) is 4.39 Å². The van der Waals surface area contributed by atoms with Gasteiger partial charge in [-0.3, -0.25) is 14.5 Å². The van der Waals surface area contributed by atoms with Gasteiger partial charge in [0.15, 0.2) is 0 Å². The summed E-state index contributed by atoms with van der Waals surface area (Å²) >= 11 is 0. The van der Waals surface area contributed by atoms with Gasteiger partial charge >= 0.3 is 0 Å². The van der Waals surface area contributed by atoms with Crippen LogP contribution >= 0.6 is 0 Å². The maximum absolute atomic E-state index is 13.7. The molecule has 2 aromatic rings. The van der Waals surface area contributed by atoms with Crippen LogP contribution in [-0.2, 0) is 9.59 Å². The summed E-state index contributed by atoms with van der Waals surface area (Å²) in [6.45, 7) is 2.95. The first kappa shape index (κ1) is 19.8. The third-order valence-electron chi connectivity index (χ3n) is 5.12. The van der Waals surface area contributed by atoms with Gasteiger partial charge in [-0.05, 0) is 57.1 Å². The number of piperidine rings is 1. The summed E-state index contributed by atoms with van der Waals surface area (Å²) < 4.78 is 13.7. The summed E-state index contributed by atoms with van der Waals surface area (Å²) in [6.07, 6.45) is 1.22. The van der Waals surface area contributed by atoms with Gasteiger partial charge in [-0.2, -0.15) is 0 Å². The third kappa shape index (κ3) is 4.67. The fourth-order valence-corrected chi connectivity index (χ4v) is 3.33. The molecule has 2 aromatic carbocycles. The second-order valence-corrected chi connectivity index (χ2v) is 6.96. The quantitative estimate of drug-likeness (QED) is 0.691. The first-order valence-corrected chi connectivity index (χ1v) is 9.34. The van der Waals surface area contributed by atoms with Crippen molar-refractivity contribution in [2.75, 3.05) is 23.7 Å². The van der Waals surface area contributed by atoms with Gasteiger partial charge in [-0.15, -0.1) is 0 Å². The van der Waals surface area contributed by atoms with E-state index in [1.807, 2.05) is 4.90 Å². The topological polar surface area (TPSA) is 81.7 Å². The van der Waals surface area contributed by atoms with Crippen LogP contribution in [-0.4, -0.2) is 41.0 Å². The number of nitrogens with one attached hydrogen (secondary N) is 2. The maximum atomic E-state index is 13.7. The van der Waals surface area contributed by atoms with Gasteiger partial charge in [0.25, 0.3) is 0 Å². The molecule has 0 aliphatic carbocycles. The molecule has 0 saturated carbocycles. The van der Waals surface area contributed by atoms with Gasteiger partial charge in [0.05, 0.1) is 17.4 Å². The Morgan fingerprint density at radius 1 is 1.04 bits per heavy atom. The van der Waals surface area contributed by atoms with E-state index in [9.17, 15) is 19.1 Å². The van der Waals surface area contributed by atoms with Crippen LogP contribution in [0.5, 0.6) is 5.75 Å². The van der Waals surface area contributed by atoms with Crippen molar-refractivity contribution in [3.05, 3.63) is 54.3 Å². The number of rotatable bonds is 5. The number of benzene rings is 2. The van der Waals surface area contributed by atoms with E-state index in [-0.39, 0.29) is 29.2 Å². The molecule has 1 aliphatic rings. The number of aromatic hydroxyl groups is 1. The van der Waals surface area contributed by atoms with Crippen molar-refractivity contribution >= 4 is 23.2 Å². The highest BCUT2D eigenvalue weighted by Crippen LogP contribution is 2.25. The van der Waals surface area contributed by atoms with Gasteiger partial charge in [0.1, 0.15) is 11.6 Å². The van der Waals surface area contributed by atoms with Crippen LogP contribution in [0.15, 0.2) is 48.5 Å². The van der Waals surface area contributed by atoms with Gasteiger partial charge in [-0.1, -0.05) is 24.3 Å². The van der Waals surface area contributed by atoms with Crippen LogP contribution in [0.4, 0.5) is 15.8 Å². The van der Waals surface area contributed by atoms with Crippen molar-refractivity contribution in [2.45, 2.75) is 25.8 Å². The third-order valence-corrected chi connectivity index (χ3v) is 5.12. The van der Waals surface area contributed by atoms with E-state index in [1.165, 1.54) is 18.2 Å². The second-order valence-electron chi connectivity index (χ2n) is 6.96. The number of phenols is 1. The van der Waals surface area contributed by atoms with Crippen LogP contribution in [0.1, 0.15) is 19.8 Å². The molecule has 0 aromatic heterocycles. The lowest BCUT2D eigenvalue weighted by Crippen LogP contribution is -2.47. The number of anilines is 2. The normalized spacial score (nSPS) is 16.4. The van der Waals surface area contributed by atoms with Crippen molar-refractivity contribution in [3.63, 3.8) is 0 Å². The molecule has 3 rings (SSSR count). The van der Waals surface area contributed by atoms with Crippen molar-refractivity contribution in [3.8, 4) is 5.75 Å². The zero-order chi connectivity index (χ0) is 20.1. The minimum absolute atomic E-state index is 0.0340. The predicted molar refractivity (Wildman–Crippen MR) is 106 cm³/mol. The van der Waals surface area contributed by atoms with Gasteiger partial charge in [0.2, 0.25) is 11.8 Å². The van der Waals surface area contributed by atoms with E-state index in [0.717, 1.165) is 0 Å².